The number of aliphatic imine (C=N–C) groups is 2. The lowest BCUT2D eigenvalue weighted by Gasteiger charge is -2.25. The Labute approximate surface area is 325 Å². The van der Waals surface area contributed by atoms with Crippen molar-refractivity contribution in [3.05, 3.63) is 217 Å². The summed E-state index contributed by atoms with van der Waals surface area (Å²) in [5.74, 6) is 1.45. The maximum Gasteiger partial charge on any atom is 0.159 e. The largest absolute Gasteiger partial charge is 0.344 e. The van der Waals surface area contributed by atoms with Crippen molar-refractivity contribution < 1.29 is 0 Å². The number of rotatable bonds is 7. The van der Waals surface area contributed by atoms with E-state index >= 15 is 0 Å². The fraction of sp³-hybridized carbons (Fsp3) is 0.0196. The first-order chi connectivity index (χ1) is 27.7. The Morgan fingerprint density at radius 3 is 1.41 bits per heavy atom. The molecule has 5 nitrogen and oxygen atoms in total. The summed E-state index contributed by atoms with van der Waals surface area (Å²) in [5, 5.41) is 8.45. The Morgan fingerprint density at radius 2 is 0.839 bits per heavy atom. The van der Waals surface area contributed by atoms with E-state index in [4.69, 9.17) is 9.98 Å². The molecule has 56 heavy (non-hydrogen) atoms. The Kier molecular flexibility index (Phi) is 8.50. The maximum absolute atomic E-state index is 5.28. The molecule has 0 radical (unpaired) electrons. The number of aromatic nitrogens is 2. The predicted octanol–water partition coefficient (Wildman–Crippen LogP) is 11.9. The van der Waals surface area contributed by atoms with E-state index < -0.39 is 0 Å². The zero-order valence-electron chi connectivity index (χ0n) is 30.4. The van der Waals surface area contributed by atoms with Crippen LogP contribution in [0.15, 0.2) is 210 Å². The Balaban J connectivity index is 1.11. The third kappa shape index (κ3) is 6.63. The summed E-state index contributed by atoms with van der Waals surface area (Å²) in [6.07, 6.45) is 3.31. The van der Waals surface area contributed by atoms with Crippen molar-refractivity contribution in [2.24, 2.45) is 9.98 Å². The lowest BCUT2D eigenvalue weighted by Crippen LogP contribution is -2.33. The molecule has 0 amide bonds. The number of benzene rings is 7. The first-order valence-electron chi connectivity index (χ1n) is 18.8. The van der Waals surface area contributed by atoms with Crippen LogP contribution in [0.4, 0.5) is 0 Å². The van der Waals surface area contributed by atoms with Gasteiger partial charge in [-0.05, 0) is 104 Å². The van der Waals surface area contributed by atoms with Gasteiger partial charge in [-0.2, -0.15) is 0 Å². The minimum absolute atomic E-state index is 0.351. The summed E-state index contributed by atoms with van der Waals surface area (Å²) in [5.41, 5.74) is 11.4. The van der Waals surface area contributed by atoms with Gasteiger partial charge in [-0.3, -0.25) is 9.97 Å². The molecule has 9 aromatic rings. The van der Waals surface area contributed by atoms with Gasteiger partial charge in [-0.15, -0.1) is 0 Å². The average Bonchev–Trinajstić information content (AvgIpc) is 3.29. The van der Waals surface area contributed by atoms with E-state index in [1.54, 1.807) is 0 Å². The third-order valence-electron chi connectivity index (χ3n) is 10.4. The molecule has 3 heterocycles. The molecule has 7 aromatic carbocycles. The van der Waals surface area contributed by atoms with Gasteiger partial charge in [0.25, 0.3) is 0 Å². The summed E-state index contributed by atoms with van der Waals surface area (Å²) in [6, 6.07) is 65.9. The van der Waals surface area contributed by atoms with Gasteiger partial charge in [0, 0.05) is 34.6 Å². The molecule has 1 N–H and O–H groups in total. The van der Waals surface area contributed by atoms with E-state index in [1.807, 2.05) is 48.8 Å². The van der Waals surface area contributed by atoms with Crippen molar-refractivity contribution in [1.29, 1.82) is 0 Å². The topological polar surface area (TPSA) is 62.5 Å². The first-order valence-corrected chi connectivity index (χ1v) is 18.8. The molecule has 2 aromatic heterocycles. The lowest BCUT2D eigenvalue weighted by atomic mass is 9.94. The number of hydrogen-bond acceptors (Lipinski definition) is 5. The highest BCUT2D eigenvalue weighted by Crippen LogP contribution is 2.33. The van der Waals surface area contributed by atoms with Crippen LogP contribution in [0, 0.1) is 0 Å². The molecule has 10 rings (SSSR count). The molecule has 1 aliphatic rings. The van der Waals surface area contributed by atoms with E-state index in [2.05, 4.69) is 167 Å². The van der Waals surface area contributed by atoms with Crippen molar-refractivity contribution in [2.75, 3.05) is 0 Å². The standard InChI is InChI=1S/C51H35N5/c1-3-11-40-29-42(25-19-34(40)9-1)49-54-50(43-26-20-35-10-2-4-12-41(35)30-43)56-51(55-49)46-32-44(36-15-21-38(22-16-36)47-13-5-7-27-52-47)31-45(33-46)37-17-23-39(24-18-37)48-14-6-8-28-53-48/h1-33,49H,(H,54,55,56). The Bertz CT molecular complexity index is 2820. The van der Waals surface area contributed by atoms with Crippen molar-refractivity contribution in [2.45, 2.75) is 6.17 Å². The molecule has 1 aliphatic heterocycles. The molecule has 1 unspecified atom stereocenters. The lowest BCUT2D eigenvalue weighted by molar-refractivity contribution is 0.675. The summed E-state index contributed by atoms with van der Waals surface area (Å²) in [4.78, 5) is 19.7. The molecule has 0 bridgehead atoms. The third-order valence-corrected chi connectivity index (χ3v) is 10.4. The average molecular weight is 718 g/mol. The highest BCUT2D eigenvalue weighted by Gasteiger charge is 2.23. The zero-order valence-corrected chi connectivity index (χ0v) is 30.4. The van der Waals surface area contributed by atoms with Crippen LogP contribution in [0.1, 0.15) is 22.9 Å². The second kappa shape index (κ2) is 14.4. The molecule has 0 spiro atoms. The molecular weight excluding hydrogens is 683 g/mol. The summed E-state index contributed by atoms with van der Waals surface area (Å²) in [7, 11) is 0. The second-order valence-corrected chi connectivity index (χ2v) is 14.0. The van der Waals surface area contributed by atoms with Gasteiger partial charge in [0.05, 0.1) is 11.4 Å². The molecule has 0 fully saturated rings. The monoisotopic (exact) mass is 717 g/mol. The Morgan fingerprint density at radius 1 is 0.357 bits per heavy atom. The van der Waals surface area contributed by atoms with E-state index in [9.17, 15) is 0 Å². The van der Waals surface area contributed by atoms with Gasteiger partial charge in [-0.1, -0.05) is 133 Å². The van der Waals surface area contributed by atoms with Crippen LogP contribution in [-0.4, -0.2) is 21.6 Å². The first kappa shape index (κ1) is 33.1. The van der Waals surface area contributed by atoms with Crippen LogP contribution < -0.4 is 5.32 Å². The summed E-state index contributed by atoms with van der Waals surface area (Å²) in [6.45, 7) is 0. The normalized spacial score (nSPS) is 13.9. The van der Waals surface area contributed by atoms with E-state index in [1.165, 1.54) is 16.2 Å². The highest BCUT2D eigenvalue weighted by atomic mass is 15.2. The van der Waals surface area contributed by atoms with Crippen LogP contribution in [0.5, 0.6) is 0 Å². The van der Waals surface area contributed by atoms with Gasteiger partial charge in [0.15, 0.2) is 5.84 Å². The number of fused-ring (bicyclic) bond motifs is 2. The minimum Gasteiger partial charge on any atom is -0.344 e. The quantitative estimate of drug-likeness (QED) is 0.178. The van der Waals surface area contributed by atoms with Gasteiger partial charge in [-0.25, -0.2) is 9.98 Å². The molecule has 264 valence electrons. The smallest absolute Gasteiger partial charge is 0.159 e. The van der Waals surface area contributed by atoms with Crippen LogP contribution in [0.25, 0.3) is 66.3 Å². The van der Waals surface area contributed by atoms with Crippen LogP contribution in [0.2, 0.25) is 0 Å². The van der Waals surface area contributed by atoms with Crippen molar-refractivity contribution in [1.82, 2.24) is 15.3 Å². The van der Waals surface area contributed by atoms with Crippen molar-refractivity contribution >= 4 is 33.2 Å². The predicted molar refractivity (Wildman–Crippen MR) is 231 cm³/mol. The van der Waals surface area contributed by atoms with E-state index in [0.29, 0.717) is 5.84 Å². The molecule has 0 saturated heterocycles. The van der Waals surface area contributed by atoms with Gasteiger partial charge >= 0.3 is 0 Å². The molecule has 0 aliphatic carbocycles. The summed E-state index contributed by atoms with van der Waals surface area (Å²) >= 11 is 0. The number of nitrogens with one attached hydrogen (secondary N) is 1. The van der Waals surface area contributed by atoms with E-state index in [0.717, 1.165) is 72.7 Å². The second-order valence-electron chi connectivity index (χ2n) is 14.0. The molecular formula is C51H35N5. The van der Waals surface area contributed by atoms with Gasteiger partial charge in [0.1, 0.15) is 12.0 Å². The molecule has 0 saturated carbocycles. The SMILES string of the molecule is c1ccc(-c2ccc(-c3cc(C4=NC(c5ccc6ccccc6c5)=NC(c5ccc6ccccc6c5)N4)cc(-c4ccc(-c5ccccn5)cc4)c3)cc2)nc1. The molecule has 1 atom stereocenters. The summed E-state index contributed by atoms with van der Waals surface area (Å²) < 4.78 is 0. The fourth-order valence-corrected chi connectivity index (χ4v) is 7.43. The van der Waals surface area contributed by atoms with Crippen molar-refractivity contribution in [3.8, 4) is 44.8 Å². The van der Waals surface area contributed by atoms with Crippen molar-refractivity contribution in [3.63, 3.8) is 0 Å². The van der Waals surface area contributed by atoms with Gasteiger partial charge < -0.3 is 5.32 Å². The number of hydrogen-bond donors (Lipinski definition) is 1. The van der Waals surface area contributed by atoms with Crippen LogP contribution >= 0.6 is 0 Å². The number of nitrogens with zero attached hydrogens (tertiary/aromatic N) is 4. The Hall–Kier alpha value is -7.50. The fourth-order valence-electron chi connectivity index (χ4n) is 7.43. The highest BCUT2D eigenvalue weighted by molar-refractivity contribution is 6.14. The minimum atomic E-state index is -0.351. The number of pyridine rings is 2. The molecule has 5 heteroatoms. The maximum atomic E-state index is 5.28. The van der Waals surface area contributed by atoms with Gasteiger partial charge in [0.2, 0.25) is 0 Å². The van der Waals surface area contributed by atoms with Crippen LogP contribution in [-0.2, 0) is 0 Å². The number of amidine groups is 2. The zero-order chi connectivity index (χ0) is 37.3. The van der Waals surface area contributed by atoms with E-state index in [-0.39, 0.29) is 6.17 Å². The van der Waals surface area contributed by atoms with Crippen LogP contribution in [0.3, 0.4) is 0 Å².